The first-order chi connectivity index (χ1) is 15.8. The summed E-state index contributed by atoms with van der Waals surface area (Å²) in [5.41, 5.74) is 1.91. The quantitative estimate of drug-likeness (QED) is 0.560. The van der Waals surface area contributed by atoms with Crippen molar-refractivity contribution in [3.63, 3.8) is 0 Å². The lowest BCUT2D eigenvalue weighted by molar-refractivity contribution is 0.102. The number of nitrogens with zero attached hydrogens (tertiary/aromatic N) is 2. The summed E-state index contributed by atoms with van der Waals surface area (Å²) in [6, 6.07) is 18.4. The molecule has 1 saturated heterocycles. The maximum absolute atomic E-state index is 13.3. The second-order valence-corrected chi connectivity index (χ2v) is 11.4. The lowest BCUT2D eigenvalue weighted by Gasteiger charge is -2.42. The first kappa shape index (κ1) is 22.1. The Bertz CT molecular complexity index is 1370. The Morgan fingerprint density at radius 1 is 0.939 bits per heavy atom. The third kappa shape index (κ3) is 4.28. The molecule has 2 aliphatic rings. The van der Waals surface area contributed by atoms with E-state index >= 15 is 0 Å². The van der Waals surface area contributed by atoms with E-state index in [0.29, 0.717) is 30.9 Å². The zero-order valence-corrected chi connectivity index (χ0v) is 20.1. The summed E-state index contributed by atoms with van der Waals surface area (Å²) in [6.45, 7) is 1.28. The van der Waals surface area contributed by atoms with Gasteiger partial charge in [-0.05, 0) is 66.9 Å². The number of sulfonamides is 1. The highest BCUT2D eigenvalue weighted by Gasteiger charge is 2.39. The van der Waals surface area contributed by atoms with Crippen molar-refractivity contribution in [2.75, 3.05) is 18.4 Å². The molecular formula is C24H22BrN3O4S. The fourth-order valence-electron chi connectivity index (χ4n) is 4.71. The van der Waals surface area contributed by atoms with Gasteiger partial charge in [-0.1, -0.05) is 22.0 Å². The molecule has 1 N–H and O–H groups in total. The van der Waals surface area contributed by atoms with Crippen molar-refractivity contribution in [3.05, 3.63) is 92.8 Å². The molecule has 170 valence electrons. The molecule has 2 aromatic carbocycles. The minimum Gasteiger partial charge on any atom is -0.322 e. The molecule has 7 nitrogen and oxygen atoms in total. The SMILES string of the molecule is O=C(Nc1ccc(S(=O)(=O)N2C[C@H]3C[C@@H](C2)c2cccc(=O)n2C3)cc1)c1ccc(Br)cc1. The molecule has 2 bridgehead atoms. The van der Waals surface area contributed by atoms with Gasteiger partial charge in [0.15, 0.2) is 0 Å². The van der Waals surface area contributed by atoms with E-state index < -0.39 is 10.0 Å². The third-order valence-corrected chi connectivity index (χ3v) is 8.68. The van der Waals surface area contributed by atoms with Gasteiger partial charge < -0.3 is 9.88 Å². The fraction of sp³-hybridized carbons (Fsp3) is 0.250. The summed E-state index contributed by atoms with van der Waals surface area (Å²) < 4.78 is 30.9. The van der Waals surface area contributed by atoms with Crippen LogP contribution in [0, 0.1) is 5.92 Å². The Morgan fingerprint density at radius 3 is 2.39 bits per heavy atom. The van der Waals surface area contributed by atoms with Crippen LogP contribution in [0.2, 0.25) is 0 Å². The zero-order chi connectivity index (χ0) is 23.2. The fourth-order valence-corrected chi connectivity index (χ4v) is 6.54. The van der Waals surface area contributed by atoms with Crippen LogP contribution >= 0.6 is 15.9 Å². The summed E-state index contributed by atoms with van der Waals surface area (Å²) in [7, 11) is -3.69. The van der Waals surface area contributed by atoms with Crippen molar-refractivity contribution in [3.8, 4) is 0 Å². The van der Waals surface area contributed by atoms with E-state index in [0.717, 1.165) is 16.6 Å². The number of carbonyl (C=O) groups excluding carboxylic acids is 1. The lowest BCUT2D eigenvalue weighted by atomic mass is 9.84. The highest BCUT2D eigenvalue weighted by atomic mass is 79.9. The van der Waals surface area contributed by atoms with Gasteiger partial charge in [0.05, 0.1) is 4.90 Å². The number of fused-ring (bicyclic) bond motifs is 4. The molecule has 5 rings (SSSR count). The van der Waals surface area contributed by atoms with E-state index in [1.165, 1.54) is 16.4 Å². The maximum atomic E-state index is 13.3. The van der Waals surface area contributed by atoms with E-state index in [1.807, 2.05) is 6.07 Å². The van der Waals surface area contributed by atoms with Gasteiger partial charge in [0.2, 0.25) is 10.0 Å². The average molecular weight is 528 g/mol. The van der Waals surface area contributed by atoms with Gasteiger partial charge in [0.25, 0.3) is 11.5 Å². The Morgan fingerprint density at radius 2 is 1.67 bits per heavy atom. The third-order valence-electron chi connectivity index (χ3n) is 6.30. The molecule has 3 aromatic rings. The topological polar surface area (TPSA) is 88.5 Å². The largest absolute Gasteiger partial charge is 0.322 e. The Kier molecular flexibility index (Phi) is 5.72. The summed E-state index contributed by atoms with van der Waals surface area (Å²) in [5.74, 6) is -0.155. The van der Waals surface area contributed by atoms with Crippen molar-refractivity contribution in [1.82, 2.24) is 8.87 Å². The number of piperidine rings is 1. The van der Waals surface area contributed by atoms with E-state index in [1.54, 1.807) is 53.1 Å². The summed E-state index contributed by atoms with van der Waals surface area (Å²) in [6.07, 6.45) is 0.885. The summed E-state index contributed by atoms with van der Waals surface area (Å²) in [5, 5.41) is 2.79. The van der Waals surface area contributed by atoms with Gasteiger partial charge in [0.1, 0.15) is 0 Å². The van der Waals surface area contributed by atoms with E-state index in [2.05, 4.69) is 21.2 Å². The van der Waals surface area contributed by atoms with Crippen LogP contribution in [-0.4, -0.2) is 36.3 Å². The van der Waals surface area contributed by atoms with Crippen LogP contribution in [-0.2, 0) is 16.6 Å². The van der Waals surface area contributed by atoms with Crippen molar-refractivity contribution < 1.29 is 13.2 Å². The Balaban J connectivity index is 1.33. The predicted octanol–water partition coefficient (Wildman–Crippen LogP) is 3.67. The van der Waals surface area contributed by atoms with Crippen LogP contribution in [0.1, 0.15) is 28.4 Å². The van der Waals surface area contributed by atoms with E-state index in [4.69, 9.17) is 0 Å². The first-order valence-electron chi connectivity index (χ1n) is 10.7. The molecular weight excluding hydrogens is 506 g/mol. The number of pyridine rings is 1. The molecule has 0 saturated carbocycles. The van der Waals surface area contributed by atoms with Crippen LogP contribution in [0.3, 0.4) is 0 Å². The van der Waals surface area contributed by atoms with Crippen molar-refractivity contribution >= 4 is 37.5 Å². The van der Waals surface area contributed by atoms with Crippen LogP contribution in [0.4, 0.5) is 5.69 Å². The Hall–Kier alpha value is -2.75. The average Bonchev–Trinajstić information content (AvgIpc) is 2.80. The summed E-state index contributed by atoms with van der Waals surface area (Å²) in [4.78, 5) is 24.8. The van der Waals surface area contributed by atoms with Gasteiger partial charge in [-0.2, -0.15) is 4.31 Å². The molecule has 3 heterocycles. The number of hydrogen-bond acceptors (Lipinski definition) is 4. The van der Waals surface area contributed by atoms with Gasteiger partial charge in [-0.25, -0.2) is 8.42 Å². The highest BCUT2D eigenvalue weighted by molar-refractivity contribution is 9.10. The second kappa shape index (κ2) is 8.55. The van der Waals surface area contributed by atoms with Gasteiger partial charge in [0, 0.05) is 53.0 Å². The number of rotatable bonds is 4. The minimum absolute atomic E-state index is 0.00523. The van der Waals surface area contributed by atoms with Gasteiger partial charge in [-0.15, -0.1) is 0 Å². The molecule has 9 heteroatoms. The number of amides is 1. The van der Waals surface area contributed by atoms with Crippen LogP contribution in [0.15, 0.2) is 80.9 Å². The molecule has 0 radical (unpaired) electrons. The van der Waals surface area contributed by atoms with E-state index in [9.17, 15) is 18.0 Å². The number of anilines is 1. The van der Waals surface area contributed by atoms with Gasteiger partial charge in [-0.3, -0.25) is 9.59 Å². The van der Waals surface area contributed by atoms with Crippen LogP contribution in [0.5, 0.6) is 0 Å². The number of halogens is 1. The minimum atomic E-state index is -3.69. The highest BCUT2D eigenvalue weighted by Crippen LogP contribution is 2.37. The first-order valence-corrected chi connectivity index (χ1v) is 12.9. The molecule has 1 amide bonds. The molecule has 33 heavy (non-hydrogen) atoms. The zero-order valence-electron chi connectivity index (χ0n) is 17.6. The van der Waals surface area contributed by atoms with Crippen molar-refractivity contribution in [2.24, 2.45) is 5.92 Å². The van der Waals surface area contributed by atoms with Crippen molar-refractivity contribution in [2.45, 2.75) is 23.8 Å². The van der Waals surface area contributed by atoms with E-state index in [-0.39, 0.29) is 28.2 Å². The van der Waals surface area contributed by atoms with Crippen LogP contribution < -0.4 is 10.9 Å². The molecule has 2 aliphatic heterocycles. The van der Waals surface area contributed by atoms with Crippen molar-refractivity contribution in [1.29, 1.82) is 0 Å². The monoisotopic (exact) mass is 527 g/mol. The normalized spacial score (nSPS) is 20.2. The standard InChI is InChI=1S/C24H22BrN3O4S/c25-19-6-4-17(5-7-19)24(30)26-20-8-10-21(11-9-20)33(31,32)27-13-16-12-18(15-27)22-2-1-3-23(29)28(22)14-16/h1-11,16,18H,12-15H2,(H,26,30)/t16-,18+/m1/s1. The summed E-state index contributed by atoms with van der Waals surface area (Å²) >= 11 is 3.34. The molecule has 2 atom stereocenters. The second-order valence-electron chi connectivity index (χ2n) is 8.51. The number of hydrogen-bond donors (Lipinski definition) is 1. The van der Waals surface area contributed by atoms with Gasteiger partial charge >= 0.3 is 0 Å². The molecule has 0 spiro atoms. The number of benzene rings is 2. The molecule has 0 unspecified atom stereocenters. The predicted molar refractivity (Wildman–Crippen MR) is 129 cm³/mol. The van der Waals surface area contributed by atoms with Crippen LogP contribution in [0.25, 0.3) is 0 Å². The Labute approximate surface area is 200 Å². The number of aromatic nitrogens is 1. The number of nitrogens with one attached hydrogen (secondary N) is 1. The molecule has 0 aliphatic carbocycles. The number of carbonyl (C=O) groups is 1. The smallest absolute Gasteiger partial charge is 0.255 e. The molecule has 1 fully saturated rings. The maximum Gasteiger partial charge on any atom is 0.255 e. The molecule has 1 aromatic heterocycles. The lowest BCUT2D eigenvalue weighted by Crippen LogP contribution is -2.48.